The molecule has 2 N–H and O–H groups in total. The Hall–Kier alpha value is -2.37. The van der Waals surface area contributed by atoms with E-state index in [1.54, 1.807) is 13.8 Å². The van der Waals surface area contributed by atoms with Gasteiger partial charge in [0, 0.05) is 32.0 Å². The molecule has 0 bridgehead atoms. The van der Waals surface area contributed by atoms with Gasteiger partial charge in [0.2, 0.25) is 11.8 Å². The van der Waals surface area contributed by atoms with Crippen LogP contribution in [-0.4, -0.2) is 47.4 Å². The monoisotopic (exact) mass is 360 g/mol. The van der Waals surface area contributed by atoms with Gasteiger partial charge in [-0.1, -0.05) is 30.3 Å². The molecule has 1 saturated heterocycles. The Labute approximate surface area is 154 Å². The summed E-state index contributed by atoms with van der Waals surface area (Å²) in [4.78, 5) is 37.5. The second-order valence-corrected chi connectivity index (χ2v) is 7.55. The van der Waals surface area contributed by atoms with E-state index < -0.39 is 11.4 Å². The molecule has 1 heterocycles. The number of carboxylic acids is 1. The molecule has 0 saturated carbocycles. The molecule has 1 aromatic carbocycles. The lowest BCUT2D eigenvalue weighted by molar-refractivity contribution is -0.147. The van der Waals surface area contributed by atoms with Crippen LogP contribution in [0.5, 0.6) is 0 Å². The van der Waals surface area contributed by atoms with Gasteiger partial charge in [0.05, 0.1) is 5.41 Å². The van der Waals surface area contributed by atoms with E-state index in [-0.39, 0.29) is 24.3 Å². The number of carbonyl (C=O) groups excluding carboxylic acids is 2. The Balaban J connectivity index is 1.73. The minimum Gasteiger partial charge on any atom is -0.481 e. The van der Waals surface area contributed by atoms with Crippen molar-refractivity contribution in [3.05, 3.63) is 35.9 Å². The number of likely N-dealkylation sites (tertiary alicyclic amines) is 1. The summed E-state index contributed by atoms with van der Waals surface area (Å²) in [6, 6.07) is 9.93. The van der Waals surface area contributed by atoms with Crippen molar-refractivity contribution in [3.8, 4) is 0 Å². The predicted octanol–water partition coefficient (Wildman–Crippen LogP) is 2.08. The van der Waals surface area contributed by atoms with Crippen molar-refractivity contribution >= 4 is 17.8 Å². The van der Waals surface area contributed by atoms with Crippen molar-refractivity contribution in [3.63, 3.8) is 0 Å². The standard InChI is InChI=1S/C20H28N2O4/c1-20(2,19(25)26)14-21-18(24)16-10-12-22(13-11-16)17(23)9-8-15-6-4-3-5-7-15/h3-7,16H,8-14H2,1-2H3,(H,21,24)(H,25,26). The van der Waals surface area contributed by atoms with Crippen LogP contribution in [0.2, 0.25) is 0 Å². The first-order valence-corrected chi connectivity index (χ1v) is 9.12. The highest BCUT2D eigenvalue weighted by Crippen LogP contribution is 2.20. The van der Waals surface area contributed by atoms with Crippen molar-refractivity contribution in [2.45, 2.75) is 39.5 Å². The summed E-state index contributed by atoms with van der Waals surface area (Å²) in [5.74, 6) is -1.08. The average molecular weight is 360 g/mol. The number of rotatable bonds is 7. The smallest absolute Gasteiger partial charge is 0.310 e. The predicted molar refractivity (Wildman–Crippen MR) is 98.5 cm³/mol. The molecule has 2 rings (SSSR count). The van der Waals surface area contributed by atoms with Crippen LogP contribution in [0.1, 0.15) is 38.7 Å². The highest BCUT2D eigenvalue weighted by molar-refractivity contribution is 5.81. The third-order valence-corrected chi connectivity index (χ3v) is 4.97. The third kappa shape index (κ3) is 5.58. The fourth-order valence-corrected chi connectivity index (χ4v) is 2.97. The molecule has 0 aromatic heterocycles. The first kappa shape index (κ1) is 19.9. The van der Waals surface area contributed by atoms with E-state index in [1.807, 2.05) is 35.2 Å². The van der Waals surface area contributed by atoms with E-state index in [0.29, 0.717) is 32.4 Å². The molecule has 142 valence electrons. The Bertz CT molecular complexity index is 634. The number of hydrogen-bond acceptors (Lipinski definition) is 3. The second-order valence-electron chi connectivity index (χ2n) is 7.55. The molecule has 0 unspecified atom stereocenters. The summed E-state index contributed by atoms with van der Waals surface area (Å²) in [5.41, 5.74) is 0.167. The third-order valence-electron chi connectivity index (χ3n) is 4.97. The molecule has 0 aliphatic carbocycles. The Morgan fingerprint density at radius 3 is 2.35 bits per heavy atom. The van der Waals surface area contributed by atoms with Crippen molar-refractivity contribution < 1.29 is 19.5 Å². The Kier molecular flexibility index (Phi) is 6.77. The molecule has 6 heteroatoms. The zero-order valence-corrected chi connectivity index (χ0v) is 15.5. The van der Waals surface area contributed by atoms with E-state index in [2.05, 4.69) is 5.32 Å². The molecule has 0 spiro atoms. The molecular formula is C20H28N2O4. The number of nitrogens with zero attached hydrogens (tertiary/aromatic N) is 1. The lowest BCUT2D eigenvalue weighted by atomic mass is 9.92. The van der Waals surface area contributed by atoms with Gasteiger partial charge in [0.15, 0.2) is 0 Å². The van der Waals surface area contributed by atoms with Gasteiger partial charge < -0.3 is 15.3 Å². The molecule has 26 heavy (non-hydrogen) atoms. The second kappa shape index (κ2) is 8.83. The molecule has 0 atom stereocenters. The average Bonchev–Trinajstić information content (AvgIpc) is 2.65. The number of piperidine rings is 1. The summed E-state index contributed by atoms with van der Waals surface area (Å²) in [7, 11) is 0. The number of carbonyl (C=O) groups is 3. The topological polar surface area (TPSA) is 86.7 Å². The first-order valence-electron chi connectivity index (χ1n) is 9.12. The minimum atomic E-state index is -0.982. The van der Waals surface area contributed by atoms with Crippen LogP contribution in [0.3, 0.4) is 0 Å². The molecule has 1 fully saturated rings. The molecule has 1 aromatic rings. The maximum Gasteiger partial charge on any atom is 0.310 e. The summed E-state index contributed by atoms with van der Waals surface area (Å²) in [6.45, 7) is 4.44. The number of aliphatic carboxylic acids is 1. The van der Waals surface area contributed by atoms with Gasteiger partial charge in [-0.25, -0.2) is 0 Å². The number of benzene rings is 1. The van der Waals surface area contributed by atoms with Crippen LogP contribution >= 0.6 is 0 Å². The van der Waals surface area contributed by atoms with Crippen molar-refractivity contribution in [1.82, 2.24) is 10.2 Å². The van der Waals surface area contributed by atoms with Gasteiger partial charge in [0.1, 0.15) is 0 Å². The van der Waals surface area contributed by atoms with Gasteiger partial charge in [-0.2, -0.15) is 0 Å². The van der Waals surface area contributed by atoms with E-state index in [4.69, 9.17) is 5.11 Å². The minimum absolute atomic E-state index is 0.109. The number of aryl methyl sites for hydroxylation is 1. The summed E-state index contributed by atoms with van der Waals surface area (Å²) < 4.78 is 0. The fourth-order valence-electron chi connectivity index (χ4n) is 2.97. The van der Waals surface area contributed by atoms with E-state index in [1.165, 1.54) is 0 Å². The number of nitrogens with one attached hydrogen (secondary N) is 1. The maximum atomic E-state index is 12.3. The van der Waals surface area contributed by atoms with E-state index in [9.17, 15) is 14.4 Å². The molecule has 0 radical (unpaired) electrons. The largest absolute Gasteiger partial charge is 0.481 e. The van der Waals surface area contributed by atoms with Crippen LogP contribution in [0.4, 0.5) is 0 Å². The van der Waals surface area contributed by atoms with Crippen LogP contribution in [0, 0.1) is 11.3 Å². The van der Waals surface area contributed by atoms with Gasteiger partial charge >= 0.3 is 5.97 Å². The van der Waals surface area contributed by atoms with Crippen LogP contribution in [-0.2, 0) is 20.8 Å². The van der Waals surface area contributed by atoms with Crippen molar-refractivity contribution in [1.29, 1.82) is 0 Å². The van der Waals surface area contributed by atoms with Crippen LogP contribution < -0.4 is 5.32 Å². The quantitative estimate of drug-likeness (QED) is 0.779. The maximum absolute atomic E-state index is 12.3. The molecule has 6 nitrogen and oxygen atoms in total. The van der Waals surface area contributed by atoms with Gasteiger partial charge in [-0.3, -0.25) is 14.4 Å². The highest BCUT2D eigenvalue weighted by Gasteiger charge is 2.31. The van der Waals surface area contributed by atoms with Gasteiger partial charge in [-0.05, 0) is 38.7 Å². The van der Waals surface area contributed by atoms with Crippen molar-refractivity contribution in [2.24, 2.45) is 11.3 Å². The lowest BCUT2D eigenvalue weighted by Gasteiger charge is -2.32. The number of hydrogen-bond donors (Lipinski definition) is 2. The van der Waals surface area contributed by atoms with Gasteiger partial charge in [-0.15, -0.1) is 0 Å². The zero-order chi connectivity index (χ0) is 19.2. The summed E-state index contributed by atoms with van der Waals surface area (Å²) in [6.07, 6.45) is 2.45. The molecule has 1 aliphatic rings. The zero-order valence-electron chi connectivity index (χ0n) is 15.5. The number of amides is 2. The summed E-state index contributed by atoms with van der Waals surface area (Å²) in [5, 5.41) is 11.8. The summed E-state index contributed by atoms with van der Waals surface area (Å²) >= 11 is 0. The Morgan fingerprint density at radius 1 is 1.15 bits per heavy atom. The molecule has 2 amide bonds. The van der Waals surface area contributed by atoms with Crippen LogP contribution in [0.15, 0.2) is 30.3 Å². The molecule has 1 aliphatic heterocycles. The number of carboxylic acid groups (broad SMARTS) is 1. The van der Waals surface area contributed by atoms with Crippen molar-refractivity contribution in [2.75, 3.05) is 19.6 Å². The lowest BCUT2D eigenvalue weighted by Crippen LogP contribution is -2.45. The van der Waals surface area contributed by atoms with Crippen LogP contribution in [0.25, 0.3) is 0 Å². The normalized spacial score (nSPS) is 15.5. The van der Waals surface area contributed by atoms with E-state index >= 15 is 0 Å². The first-order chi connectivity index (χ1) is 12.3. The van der Waals surface area contributed by atoms with E-state index in [0.717, 1.165) is 12.0 Å². The Morgan fingerprint density at radius 2 is 1.77 bits per heavy atom. The van der Waals surface area contributed by atoms with Gasteiger partial charge in [0.25, 0.3) is 0 Å². The highest BCUT2D eigenvalue weighted by atomic mass is 16.4. The molecular weight excluding hydrogens is 332 g/mol. The fraction of sp³-hybridized carbons (Fsp3) is 0.550. The SMILES string of the molecule is CC(C)(CNC(=O)C1CCN(C(=O)CCc2ccccc2)CC1)C(=O)O.